The predicted octanol–water partition coefficient (Wildman–Crippen LogP) is 0.380. The second kappa shape index (κ2) is 6.54. The molecule has 0 bridgehead atoms. The Hall–Kier alpha value is -1.17. The fourth-order valence-corrected chi connectivity index (χ4v) is 1.51. The zero-order chi connectivity index (χ0) is 12.8. The molecule has 1 aromatic heterocycles. The number of hydrogen-bond acceptors (Lipinski definition) is 4. The monoisotopic (exact) mass is 258 g/mol. The van der Waals surface area contributed by atoms with E-state index in [1.165, 1.54) is 6.07 Å². The van der Waals surface area contributed by atoms with Crippen molar-refractivity contribution >= 4 is 17.5 Å². The molecule has 0 aromatic carbocycles. The van der Waals surface area contributed by atoms with Crippen molar-refractivity contribution in [2.24, 2.45) is 0 Å². The number of aliphatic hydroxyl groups excluding tert-OH is 2. The lowest BCUT2D eigenvalue weighted by atomic mass is 10.2. The van der Waals surface area contributed by atoms with E-state index in [-0.39, 0.29) is 18.4 Å². The lowest BCUT2D eigenvalue weighted by Crippen LogP contribution is -2.40. The average molecular weight is 259 g/mol. The van der Waals surface area contributed by atoms with Crippen molar-refractivity contribution in [1.29, 1.82) is 0 Å². The minimum atomic E-state index is -0.667. The van der Waals surface area contributed by atoms with Crippen molar-refractivity contribution in [3.63, 3.8) is 0 Å². The summed E-state index contributed by atoms with van der Waals surface area (Å²) >= 11 is 5.79. The first kappa shape index (κ1) is 13.9. The SMILES string of the molecule is CCc1cc(C(=O)NC(CO)CO)cc(Cl)n1. The Labute approximate surface area is 104 Å². The minimum absolute atomic E-state index is 0.249. The van der Waals surface area contributed by atoms with Gasteiger partial charge in [-0.25, -0.2) is 4.98 Å². The number of pyridine rings is 1. The molecule has 94 valence electrons. The van der Waals surface area contributed by atoms with Crippen LogP contribution in [-0.4, -0.2) is 40.4 Å². The van der Waals surface area contributed by atoms with Crippen LogP contribution in [-0.2, 0) is 6.42 Å². The standard InChI is InChI=1S/C11H15ClN2O3/c1-2-8-3-7(4-10(12)13-8)11(17)14-9(5-15)6-16/h3-4,9,15-16H,2,5-6H2,1H3,(H,14,17). The summed E-state index contributed by atoms with van der Waals surface area (Å²) in [6.45, 7) is 1.27. The van der Waals surface area contributed by atoms with Gasteiger partial charge in [0.2, 0.25) is 0 Å². The molecule has 0 aliphatic carbocycles. The summed E-state index contributed by atoms with van der Waals surface area (Å²) in [6.07, 6.45) is 0.671. The Morgan fingerprint density at radius 2 is 2.12 bits per heavy atom. The van der Waals surface area contributed by atoms with Gasteiger partial charge in [0.25, 0.3) is 5.91 Å². The van der Waals surface area contributed by atoms with Crippen LogP contribution in [0.25, 0.3) is 0 Å². The van der Waals surface area contributed by atoms with Gasteiger partial charge in [-0.05, 0) is 18.6 Å². The van der Waals surface area contributed by atoms with Gasteiger partial charge in [0.15, 0.2) is 0 Å². The largest absolute Gasteiger partial charge is 0.394 e. The maximum Gasteiger partial charge on any atom is 0.251 e. The molecular weight excluding hydrogens is 244 g/mol. The Balaban J connectivity index is 2.84. The summed E-state index contributed by atoms with van der Waals surface area (Å²) in [5.74, 6) is -0.392. The van der Waals surface area contributed by atoms with Gasteiger partial charge in [0, 0.05) is 11.3 Å². The highest BCUT2D eigenvalue weighted by Gasteiger charge is 2.13. The van der Waals surface area contributed by atoms with Crippen molar-refractivity contribution in [3.05, 3.63) is 28.5 Å². The molecule has 3 N–H and O–H groups in total. The van der Waals surface area contributed by atoms with E-state index >= 15 is 0 Å². The molecule has 0 aliphatic heterocycles. The predicted molar refractivity (Wildman–Crippen MR) is 64.1 cm³/mol. The molecule has 1 heterocycles. The van der Waals surface area contributed by atoms with Crippen molar-refractivity contribution < 1.29 is 15.0 Å². The van der Waals surface area contributed by atoms with E-state index in [1.54, 1.807) is 6.07 Å². The fraction of sp³-hybridized carbons (Fsp3) is 0.455. The molecule has 6 heteroatoms. The molecule has 0 saturated heterocycles. The minimum Gasteiger partial charge on any atom is -0.394 e. The van der Waals surface area contributed by atoms with Gasteiger partial charge in [0.05, 0.1) is 19.3 Å². The van der Waals surface area contributed by atoms with Gasteiger partial charge in [0.1, 0.15) is 5.15 Å². The molecular formula is C11H15ClN2O3. The number of aromatic nitrogens is 1. The highest BCUT2D eigenvalue weighted by atomic mass is 35.5. The second-order valence-corrected chi connectivity index (χ2v) is 3.95. The molecule has 0 fully saturated rings. The van der Waals surface area contributed by atoms with Crippen LogP contribution in [0, 0.1) is 0 Å². The second-order valence-electron chi connectivity index (χ2n) is 3.56. The number of hydrogen-bond donors (Lipinski definition) is 3. The molecule has 1 amide bonds. The highest BCUT2D eigenvalue weighted by molar-refractivity contribution is 6.29. The topological polar surface area (TPSA) is 82.5 Å². The number of aryl methyl sites for hydroxylation is 1. The zero-order valence-corrected chi connectivity index (χ0v) is 10.2. The van der Waals surface area contributed by atoms with Crippen molar-refractivity contribution in [3.8, 4) is 0 Å². The number of nitrogens with zero attached hydrogens (tertiary/aromatic N) is 1. The first-order valence-electron chi connectivity index (χ1n) is 5.29. The van der Waals surface area contributed by atoms with E-state index in [1.807, 2.05) is 6.92 Å². The quantitative estimate of drug-likeness (QED) is 0.667. The number of halogens is 1. The zero-order valence-electron chi connectivity index (χ0n) is 9.48. The van der Waals surface area contributed by atoms with Crippen molar-refractivity contribution in [2.75, 3.05) is 13.2 Å². The van der Waals surface area contributed by atoms with Gasteiger partial charge < -0.3 is 15.5 Å². The normalized spacial score (nSPS) is 10.6. The van der Waals surface area contributed by atoms with Crippen LogP contribution < -0.4 is 5.32 Å². The first-order chi connectivity index (χ1) is 8.10. The van der Waals surface area contributed by atoms with Crippen LogP contribution in [0.5, 0.6) is 0 Å². The Kier molecular flexibility index (Phi) is 5.34. The maximum absolute atomic E-state index is 11.8. The average Bonchev–Trinajstić information content (AvgIpc) is 2.34. The summed E-state index contributed by atoms with van der Waals surface area (Å²) in [5.41, 5.74) is 1.08. The number of amides is 1. The van der Waals surface area contributed by atoms with Crippen LogP contribution in [0.2, 0.25) is 5.15 Å². The number of carbonyl (C=O) groups is 1. The third-order valence-electron chi connectivity index (χ3n) is 2.25. The molecule has 0 atom stereocenters. The van der Waals surface area contributed by atoms with E-state index in [0.717, 1.165) is 0 Å². The fourth-order valence-electron chi connectivity index (χ4n) is 1.28. The lowest BCUT2D eigenvalue weighted by Gasteiger charge is -2.13. The smallest absolute Gasteiger partial charge is 0.251 e. The third-order valence-corrected chi connectivity index (χ3v) is 2.44. The first-order valence-corrected chi connectivity index (χ1v) is 5.67. The molecule has 0 aliphatic rings. The van der Waals surface area contributed by atoms with Crippen LogP contribution in [0.4, 0.5) is 0 Å². The maximum atomic E-state index is 11.8. The van der Waals surface area contributed by atoms with Crippen molar-refractivity contribution in [1.82, 2.24) is 10.3 Å². The van der Waals surface area contributed by atoms with Crippen LogP contribution in [0.1, 0.15) is 23.0 Å². The molecule has 0 unspecified atom stereocenters. The molecule has 0 radical (unpaired) electrons. The molecule has 0 spiro atoms. The molecule has 1 aromatic rings. The van der Waals surface area contributed by atoms with Gasteiger partial charge in [-0.1, -0.05) is 18.5 Å². The Bertz CT molecular complexity index is 394. The Morgan fingerprint density at radius 3 is 2.65 bits per heavy atom. The summed E-state index contributed by atoms with van der Waals surface area (Å²) in [7, 11) is 0. The van der Waals surface area contributed by atoms with Crippen LogP contribution in [0.15, 0.2) is 12.1 Å². The molecule has 1 rings (SSSR count). The van der Waals surface area contributed by atoms with E-state index < -0.39 is 11.9 Å². The summed E-state index contributed by atoms with van der Waals surface area (Å²) in [5, 5.41) is 20.5. The third kappa shape index (κ3) is 3.96. The van der Waals surface area contributed by atoms with Crippen LogP contribution in [0.3, 0.4) is 0 Å². The summed E-state index contributed by atoms with van der Waals surface area (Å²) in [6, 6.07) is 2.41. The van der Waals surface area contributed by atoms with Gasteiger partial charge in [-0.2, -0.15) is 0 Å². The molecule has 5 nitrogen and oxygen atoms in total. The number of carbonyl (C=O) groups excluding carboxylic acids is 1. The van der Waals surface area contributed by atoms with E-state index in [4.69, 9.17) is 21.8 Å². The lowest BCUT2D eigenvalue weighted by molar-refractivity contribution is 0.0879. The molecule has 0 saturated carbocycles. The van der Waals surface area contributed by atoms with E-state index in [9.17, 15) is 4.79 Å². The highest BCUT2D eigenvalue weighted by Crippen LogP contribution is 2.11. The Morgan fingerprint density at radius 1 is 1.47 bits per heavy atom. The van der Waals surface area contributed by atoms with Crippen LogP contribution >= 0.6 is 11.6 Å². The van der Waals surface area contributed by atoms with Gasteiger partial charge in [-0.3, -0.25) is 4.79 Å². The van der Waals surface area contributed by atoms with Gasteiger partial charge in [-0.15, -0.1) is 0 Å². The number of rotatable bonds is 5. The van der Waals surface area contributed by atoms with Crippen molar-refractivity contribution in [2.45, 2.75) is 19.4 Å². The van der Waals surface area contributed by atoms with E-state index in [0.29, 0.717) is 17.7 Å². The summed E-state index contributed by atoms with van der Waals surface area (Å²) in [4.78, 5) is 15.8. The number of nitrogens with one attached hydrogen (secondary N) is 1. The summed E-state index contributed by atoms with van der Waals surface area (Å²) < 4.78 is 0. The molecule has 17 heavy (non-hydrogen) atoms. The van der Waals surface area contributed by atoms with E-state index in [2.05, 4.69) is 10.3 Å². The van der Waals surface area contributed by atoms with Gasteiger partial charge >= 0.3 is 0 Å². The number of aliphatic hydroxyl groups is 2.